The van der Waals surface area contributed by atoms with Gasteiger partial charge in [-0.1, -0.05) is 60.7 Å². The van der Waals surface area contributed by atoms with Crippen molar-refractivity contribution in [2.75, 3.05) is 53.0 Å². The van der Waals surface area contributed by atoms with Crippen molar-refractivity contribution >= 4 is 0 Å². The third-order valence-electron chi connectivity index (χ3n) is 6.12. The Kier molecular flexibility index (Phi) is 5.39. The summed E-state index contributed by atoms with van der Waals surface area (Å²) >= 11 is 0. The van der Waals surface area contributed by atoms with Gasteiger partial charge in [0.05, 0.1) is 13.2 Å². The molecule has 1 aliphatic heterocycles. The van der Waals surface area contributed by atoms with Gasteiger partial charge in [0.25, 0.3) is 0 Å². The van der Waals surface area contributed by atoms with Crippen molar-refractivity contribution in [3.05, 3.63) is 71.8 Å². The van der Waals surface area contributed by atoms with E-state index in [1.165, 1.54) is 17.5 Å². The summed E-state index contributed by atoms with van der Waals surface area (Å²) in [5, 5.41) is 0. The number of likely N-dealkylation sites (N-methyl/N-ethyl adjacent to an activating group) is 1. The quantitative estimate of drug-likeness (QED) is 0.762. The predicted octanol–water partition coefficient (Wildman–Crippen LogP) is 3.26. The molecule has 2 aliphatic rings. The van der Waals surface area contributed by atoms with E-state index < -0.39 is 0 Å². The van der Waals surface area contributed by atoms with E-state index in [1.54, 1.807) is 0 Å². The number of hydrogen-bond donors (Lipinski definition) is 0. The summed E-state index contributed by atoms with van der Waals surface area (Å²) in [5.41, 5.74) is 3.14. The van der Waals surface area contributed by atoms with Crippen LogP contribution < -0.4 is 0 Å². The van der Waals surface area contributed by atoms with Gasteiger partial charge in [-0.3, -0.25) is 4.90 Å². The minimum Gasteiger partial charge on any atom is -0.379 e. The second kappa shape index (κ2) is 7.91. The summed E-state index contributed by atoms with van der Waals surface area (Å²) in [4.78, 5) is 5.04. The molecule has 1 saturated heterocycles. The van der Waals surface area contributed by atoms with Crippen molar-refractivity contribution in [3.8, 4) is 0 Å². The fourth-order valence-electron chi connectivity index (χ4n) is 4.50. The highest BCUT2D eigenvalue weighted by Gasteiger charge is 2.56. The lowest BCUT2D eigenvalue weighted by Gasteiger charge is -2.29. The molecule has 26 heavy (non-hydrogen) atoms. The molecule has 1 heterocycles. The molecule has 1 atom stereocenters. The minimum atomic E-state index is 0.204. The monoisotopic (exact) mass is 350 g/mol. The molecule has 1 saturated carbocycles. The van der Waals surface area contributed by atoms with Crippen LogP contribution in [0.5, 0.6) is 0 Å². The van der Waals surface area contributed by atoms with E-state index in [0.717, 1.165) is 45.9 Å². The Morgan fingerprint density at radius 1 is 0.962 bits per heavy atom. The molecule has 1 unspecified atom stereocenters. The zero-order valence-corrected chi connectivity index (χ0v) is 15.8. The van der Waals surface area contributed by atoms with Gasteiger partial charge in [0.1, 0.15) is 0 Å². The van der Waals surface area contributed by atoms with Crippen LogP contribution in [0.25, 0.3) is 0 Å². The minimum absolute atomic E-state index is 0.204. The van der Waals surface area contributed by atoms with Gasteiger partial charge in [-0.15, -0.1) is 0 Å². The molecular weight excluding hydrogens is 320 g/mol. The topological polar surface area (TPSA) is 15.7 Å². The first-order valence-electron chi connectivity index (χ1n) is 9.89. The van der Waals surface area contributed by atoms with Crippen molar-refractivity contribution in [2.24, 2.45) is 5.92 Å². The van der Waals surface area contributed by atoms with E-state index in [2.05, 4.69) is 77.5 Å². The summed E-state index contributed by atoms with van der Waals surface area (Å²) < 4.78 is 5.45. The maximum Gasteiger partial charge on any atom is 0.0594 e. The third kappa shape index (κ3) is 3.71. The second-order valence-corrected chi connectivity index (χ2v) is 7.82. The Bertz CT molecular complexity index is 642. The molecule has 0 N–H and O–H groups in total. The summed E-state index contributed by atoms with van der Waals surface area (Å²) in [6, 6.07) is 22.2. The van der Waals surface area contributed by atoms with Gasteiger partial charge in [-0.2, -0.15) is 0 Å². The van der Waals surface area contributed by atoms with Gasteiger partial charge in [-0.25, -0.2) is 0 Å². The van der Waals surface area contributed by atoms with Crippen molar-refractivity contribution in [3.63, 3.8) is 0 Å². The van der Waals surface area contributed by atoms with E-state index >= 15 is 0 Å². The van der Waals surface area contributed by atoms with Crippen LogP contribution >= 0.6 is 0 Å². The normalized spacial score (nSPS) is 22.5. The summed E-state index contributed by atoms with van der Waals surface area (Å²) in [6.45, 7) is 7.37. The van der Waals surface area contributed by atoms with Crippen LogP contribution in [0.15, 0.2) is 60.7 Å². The highest BCUT2D eigenvalue weighted by molar-refractivity contribution is 5.47. The first-order chi connectivity index (χ1) is 12.8. The lowest BCUT2D eigenvalue weighted by molar-refractivity contribution is 0.0343. The van der Waals surface area contributed by atoms with E-state index in [9.17, 15) is 0 Å². The maximum atomic E-state index is 5.45. The molecule has 2 fully saturated rings. The number of nitrogens with zero attached hydrogens (tertiary/aromatic N) is 2. The maximum absolute atomic E-state index is 5.45. The molecule has 0 amide bonds. The van der Waals surface area contributed by atoms with E-state index in [-0.39, 0.29) is 5.41 Å². The SMILES string of the molecule is CN(CCN1CCOCC1)CC1CC1(c1ccccc1)c1ccccc1. The summed E-state index contributed by atoms with van der Waals surface area (Å²) in [7, 11) is 2.28. The largest absolute Gasteiger partial charge is 0.379 e. The molecule has 1 aliphatic carbocycles. The van der Waals surface area contributed by atoms with Crippen LogP contribution in [0.1, 0.15) is 17.5 Å². The van der Waals surface area contributed by atoms with E-state index in [4.69, 9.17) is 4.74 Å². The number of morpholine rings is 1. The third-order valence-corrected chi connectivity index (χ3v) is 6.12. The second-order valence-electron chi connectivity index (χ2n) is 7.82. The van der Waals surface area contributed by atoms with Gasteiger partial charge in [0, 0.05) is 38.1 Å². The molecule has 0 radical (unpaired) electrons. The zero-order valence-electron chi connectivity index (χ0n) is 15.8. The van der Waals surface area contributed by atoms with E-state index in [0.29, 0.717) is 5.92 Å². The van der Waals surface area contributed by atoms with Gasteiger partial charge in [0.15, 0.2) is 0 Å². The molecule has 2 aromatic rings. The molecule has 0 aromatic heterocycles. The molecule has 0 bridgehead atoms. The first-order valence-corrected chi connectivity index (χ1v) is 9.89. The average molecular weight is 351 g/mol. The fraction of sp³-hybridized carbons (Fsp3) is 0.478. The average Bonchev–Trinajstić information content (AvgIpc) is 3.43. The number of ether oxygens (including phenoxy) is 1. The van der Waals surface area contributed by atoms with Gasteiger partial charge < -0.3 is 9.64 Å². The Morgan fingerprint density at radius 2 is 1.54 bits per heavy atom. The molecule has 4 rings (SSSR count). The fourth-order valence-corrected chi connectivity index (χ4v) is 4.50. The van der Waals surface area contributed by atoms with Crippen LogP contribution in [0.3, 0.4) is 0 Å². The lowest BCUT2D eigenvalue weighted by Crippen LogP contribution is -2.41. The molecule has 3 heteroatoms. The zero-order chi connectivity index (χ0) is 17.8. The number of hydrogen-bond acceptors (Lipinski definition) is 3. The van der Waals surface area contributed by atoms with E-state index in [1.807, 2.05) is 0 Å². The molecule has 3 nitrogen and oxygen atoms in total. The van der Waals surface area contributed by atoms with Crippen molar-refractivity contribution in [1.82, 2.24) is 9.80 Å². The van der Waals surface area contributed by atoms with Crippen LogP contribution in [0.2, 0.25) is 0 Å². The van der Waals surface area contributed by atoms with Crippen LogP contribution in [-0.2, 0) is 10.2 Å². The number of rotatable bonds is 7. The standard InChI is InChI=1S/C23H30N2O/c1-24(12-13-25-14-16-26-17-15-25)19-22-18-23(22,20-8-4-2-5-9-20)21-10-6-3-7-11-21/h2-11,22H,12-19H2,1H3. The highest BCUT2D eigenvalue weighted by Crippen LogP contribution is 2.58. The van der Waals surface area contributed by atoms with Gasteiger partial charge in [0.2, 0.25) is 0 Å². The first kappa shape index (κ1) is 17.7. The van der Waals surface area contributed by atoms with Crippen LogP contribution in [0, 0.1) is 5.92 Å². The molecule has 2 aromatic carbocycles. The summed E-state index contributed by atoms with van der Waals surface area (Å²) in [6.07, 6.45) is 1.25. The Balaban J connectivity index is 1.42. The van der Waals surface area contributed by atoms with Crippen molar-refractivity contribution in [2.45, 2.75) is 11.8 Å². The Morgan fingerprint density at radius 3 is 2.12 bits per heavy atom. The highest BCUT2D eigenvalue weighted by atomic mass is 16.5. The van der Waals surface area contributed by atoms with Crippen LogP contribution in [0.4, 0.5) is 0 Å². The molecule has 0 spiro atoms. The molecular formula is C23H30N2O. The smallest absolute Gasteiger partial charge is 0.0594 e. The van der Waals surface area contributed by atoms with Crippen molar-refractivity contribution < 1.29 is 4.74 Å². The van der Waals surface area contributed by atoms with Crippen molar-refractivity contribution in [1.29, 1.82) is 0 Å². The Labute approximate surface area is 157 Å². The lowest BCUT2D eigenvalue weighted by atomic mass is 9.85. The van der Waals surface area contributed by atoms with Gasteiger partial charge in [-0.05, 0) is 30.5 Å². The van der Waals surface area contributed by atoms with Crippen LogP contribution in [-0.4, -0.2) is 62.8 Å². The predicted molar refractivity (Wildman–Crippen MR) is 107 cm³/mol. The summed E-state index contributed by atoms with van der Waals surface area (Å²) in [5.74, 6) is 0.696. The molecule has 138 valence electrons. The van der Waals surface area contributed by atoms with Gasteiger partial charge >= 0.3 is 0 Å². The number of benzene rings is 2. The Hall–Kier alpha value is -1.68.